The average Bonchev–Trinajstić information content (AvgIpc) is 3.05. The molecule has 1 amide bonds. The van der Waals surface area contributed by atoms with E-state index < -0.39 is 6.10 Å². The first-order valence-corrected chi connectivity index (χ1v) is 10.2. The molecule has 3 atom stereocenters. The van der Waals surface area contributed by atoms with E-state index in [2.05, 4.69) is 17.2 Å². The predicted octanol–water partition coefficient (Wildman–Crippen LogP) is 3.86. The summed E-state index contributed by atoms with van der Waals surface area (Å²) in [6.07, 6.45) is 4.53. The number of rotatable bonds is 6. The highest BCUT2D eigenvalue weighted by atomic mass is 32.1. The van der Waals surface area contributed by atoms with E-state index in [9.17, 15) is 9.59 Å². The van der Waals surface area contributed by atoms with Crippen LogP contribution in [-0.2, 0) is 20.7 Å². The van der Waals surface area contributed by atoms with Crippen molar-refractivity contribution >= 4 is 33.4 Å². The van der Waals surface area contributed by atoms with Crippen LogP contribution in [-0.4, -0.2) is 29.0 Å². The summed E-state index contributed by atoms with van der Waals surface area (Å²) in [7, 11) is 0. The van der Waals surface area contributed by atoms with Gasteiger partial charge in [-0.1, -0.05) is 31.9 Å². The number of thiazole rings is 1. The van der Waals surface area contributed by atoms with E-state index in [1.165, 1.54) is 6.42 Å². The number of hydrogen-bond donors (Lipinski definition) is 1. The SMILES string of the molecule is C[C@@H](OC(=O)CCc1nc2ccccc2s1)C(=O)N[C@H]1CCCC[C@@H]1C. The van der Waals surface area contributed by atoms with Gasteiger partial charge in [0.25, 0.3) is 5.91 Å². The number of amides is 1. The second-order valence-electron chi connectivity index (χ2n) is 7.08. The highest BCUT2D eigenvalue weighted by Gasteiger charge is 2.26. The highest BCUT2D eigenvalue weighted by molar-refractivity contribution is 7.18. The number of aromatic nitrogens is 1. The van der Waals surface area contributed by atoms with Gasteiger partial charge >= 0.3 is 5.97 Å². The predicted molar refractivity (Wildman–Crippen MR) is 103 cm³/mol. The number of fused-ring (bicyclic) bond motifs is 1. The van der Waals surface area contributed by atoms with Crippen LogP contribution in [0.5, 0.6) is 0 Å². The summed E-state index contributed by atoms with van der Waals surface area (Å²) in [5, 5.41) is 3.95. The van der Waals surface area contributed by atoms with Gasteiger partial charge in [0.2, 0.25) is 0 Å². The molecule has 5 nitrogen and oxygen atoms in total. The van der Waals surface area contributed by atoms with Crippen LogP contribution < -0.4 is 5.32 Å². The minimum atomic E-state index is -0.757. The molecule has 1 aromatic carbocycles. The Morgan fingerprint density at radius 1 is 1.31 bits per heavy atom. The number of nitrogens with zero attached hydrogens (tertiary/aromatic N) is 1. The number of benzene rings is 1. The molecule has 0 spiro atoms. The van der Waals surface area contributed by atoms with Gasteiger partial charge in [0, 0.05) is 12.5 Å². The summed E-state index contributed by atoms with van der Waals surface area (Å²) >= 11 is 1.59. The fraction of sp³-hybridized carbons (Fsp3) is 0.550. The lowest BCUT2D eigenvalue weighted by molar-refractivity contribution is -0.155. The third kappa shape index (κ3) is 4.81. The van der Waals surface area contributed by atoms with Gasteiger partial charge in [-0.3, -0.25) is 9.59 Å². The van der Waals surface area contributed by atoms with Gasteiger partial charge in [0.1, 0.15) is 0 Å². The summed E-state index contributed by atoms with van der Waals surface area (Å²) in [5.41, 5.74) is 0.954. The first kappa shape index (κ1) is 18.8. The molecule has 1 fully saturated rings. The quantitative estimate of drug-likeness (QED) is 0.780. The number of carbonyl (C=O) groups excluding carboxylic acids is 2. The Labute approximate surface area is 158 Å². The largest absolute Gasteiger partial charge is 0.453 e. The molecule has 1 heterocycles. The van der Waals surface area contributed by atoms with E-state index in [0.717, 1.165) is 34.5 Å². The summed E-state index contributed by atoms with van der Waals surface area (Å²) in [4.78, 5) is 28.9. The molecule has 1 aliphatic carbocycles. The van der Waals surface area contributed by atoms with Crippen LogP contribution >= 0.6 is 11.3 Å². The molecule has 0 bridgehead atoms. The molecule has 1 N–H and O–H groups in total. The lowest BCUT2D eigenvalue weighted by Gasteiger charge is -2.30. The zero-order valence-corrected chi connectivity index (χ0v) is 16.2. The Bertz CT molecular complexity index is 740. The van der Waals surface area contributed by atoms with Crippen LogP contribution in [0.15, 0.2) is 24.3 Å². The normalized spacial score (nSPS) is 21.3. The van der Waals surface area contributed by atoms with Crippen molar-refractivity contribution in [1.82, 2.24) is 10.3 Å². The highest BCUT2D eigenvalue weighted by Crippen LogP contribution is 2.24. The van der Waals surface area contributed by atoms with E-state index >= 15 is 0 Å². The van der Waals surface area contributed by atoms with Crippen molar-refractivity contribution < 1.29 is 14.3 Å². The minimum absolute atomic E-state index is 0.195. The molecule has 0 saturated heterocycles. The number of para-hydroxylation sites is 1. The zero-order valence-electron chi connectivity index (χ0n) is 15.4. The van der Waals surface area contributed by atoms with Crippen molar-refractivity contribution in [1.29, 1.82) is 0 Å². The smallest absolute Gasteiger partial charge is 0.306 e. The first-order valence-electron chi connectivity index (χ1n) is 9.37. The average molecular weight is 375 g/mol. The van der Waals surface area contributed by atoms with Gasteiger partial charge in [-0.2, -0.15) is 0 Å². The summed E-state index contributed by atoms with van der Waals surface area (Å²) in [6, 6.07) is 8.11. The van der Waals surface area contributed by atoms with Crippen molar-refractivity contribution in [3.05, 3.63) is 29.3 Å². The van der Waals surface area contributed by atoms with E-state index in [4.69, 9.17) is 4.74 Å². The van der Waals surface area contributed by atoms with E-state index in [-0.39, 0.29) is 24.3 Å². The standard InChI is InChI=1S/C20H26N2O3S/c1-13-7-3-4-8-15(13)22-20(24)14(2)25-19(23)12-11-18-21-16-9-5-6-10-17(16)26-18/h5-6,9-10,13-15H,3-4,7-8,11-12H2,1-2H3,(H,22,24)/t13-,14+,15-/m0/s1. The summed E-state index contributed by atoms with van der Waals surface area (Å²) in [6.45, 7) is 3.80. The van der Waals surface area contributed by atoms with Crippen LogP contribution in [0.4, 0.5) is 0 Å². The van der Waals surface area contributed by atoms with Crippen molar-refractivity contribution in [3.8, 4) is 0 Å². The lowest BCUT2D eigenvalue weighted by Crippen LogP contribution is -2.46. The third-order valence-corrected chi connectivity index (χ3v) is 6.09. The number of esters is 1. The molecule has 1 saturated carbocycles. The van der Waals surface area contributed by atoms with Crippen LogP contribution in [0.25, 0.3) is 10.2 Å². The number of hydrogen-bond acceptors (Lipinski definition) is 5. The monoisotopic (exact) mass is 374 g/mol. The molecule has 0 radical (unpaired) electrons. The van der Waals surface area contributed by atoms with E-state index in [1.807, 2.05) is 24.3 Å². The minimum Gasteiger partial charge on any atom is -0.453 e. The van der Waals surface area contributed by atoms with Gasteiger partial charge in [-0.25, -0.2) is 4.98 Å². The number of aryl methyl sites for hydroxylation is 1. The Morgan fingerprint density at radius 3 is 2.85 bits per heavy atom. The molecule has 3 rings (SSSR count). The number of ether oxygens (including phenoxy) is 1. The maximum absolute atomic E-state index is 12.3. The molecule has 0 aliphatic heterocycles. The van der Waals surface area contributed by atoms with Gasteiger partial charge in [-0.05, 0) is 37.8 Å². The number of nitrogens with one attached hydrogen (secondary N) is 1. The molecule has 2 aromatic rings. The second-order valence-corrected chi connectivity index (χ2v) is 8.20. The Morgan fingerprint density at radius 2 is 2.08 bits per heavy atom. The van der Waals surface area contributed by atoms with E-state index in [0.29, 0.717) is 12.3 Å². The van der Waals surface area contributed by atoms with Crippen LogP contribution in [0.3, 0.4) is 0 Å². The molecular formula is C20H26N2O3S. The van der Waals surface area contributed by atoms with E-state index in [1.54, 1.807) is 18.3 Å². The first-order chi connectivity index (χ1) is 12.5. The van der Waals surface area contributed by atoms with Gasteiger partial charge in [-0.15, -0.1) is 11.3 Å². The molecule has 140 valence electrons. The topological polar surface area (TPSA) is 68.3 Å². The fourth-order valence-corrected chi connectivity index (χ4v) is 4.34. The van der Waals surface area contributed by atoms with Gasteiger partial charge in [0.05, 0.1) is 21.6 Å². The van der Waals surface area contributed by atoms with Crippen molar-refractivity contribution in [2.45, 2.75) is 64.5 Å². The molecule has 26 heavy (non-hydrogen) atoms. The van der Waals surface area contributed by atoms with Crippen molar-refractivity contribution in [2.24, 2.45) is 5.92 Å². The van der Waals surface area contributed by atoms with Crippen molar-refractivity contribution in [3.63, 3.8) is 0 Å². The molecule has 1 aliphatic rings. The second kappa shape index (κ2) is 8.62. The molecule has 0 unspecified atom stereocenters. The maximum atomic E-state index is 12.3. The Hall–Kier alpha value is -1.95. The Kier molecular flexibility index (Phi) is 6.25. The van der Waals surface area contributed by atoms with Crippen LogP contribution in [0.2, 0.25) is 0 Å². The van der Waals surface area contributed by atoms with Crippen LogP contribution in [0.1, 0.15) is 51.0 Å². The van der Waals surface area contributed by atoms with Gasteiger partial charge < -0.3 is 10.1 Å². The summed E-state index contributed by atoms with van der Waals surface area (Å²) < 4.78 is 6.43. The van der Waals surface area contributed by atoms with Gasteiger partial charge in [0.15, 0.2) is 6.10 Å². The summed E-state index contributed by atoms with van der Waals surface area (Å²) in [5.74, 6) is -0.0738. The maximum Gasteiger partial charge on any atom is 0.306 e. The third-order valence-electron chi connectivity index (χ3n) is 5.00. The number of carbonyl (C=O) groups is 2. The molecule has 1 aromatic heterocycles. The lowest BCUT2D eigenvalue weighted by atomic mass is 9.86. The zero-order chi connectivity index (χ0) is 18.5. The fourth-order valence-electron chi connectivity index (χ4n) is 3.38. The Balaban J connectivity index is 1.45. The van der Waals surface area contributed by atoms with Crippen LogP contribution in [0, 0.1) is 5.92 Å². The molecular weight excluding hydrogens is 348 g/mol. The van der Waals surface area contributed by atoms with Crippen molar-refractivity contribution in [2.75, 3.05) is 0 Å². The molecule has 6 heteroatoms.